The van der Waals surface area contributed by atoms with Crippen LogP contribution in [0.25, 0.3) is 0 Å². The van der Waals surface area contributed by atoms with Gasteiger partial charge in [-0.2, -0.15) is 0 Å². The summed E-state index contributed by atoms with van der Waals surface area (Å²) < 4.78 is 22.4. The van der Waals surface area contributed by atoms with Gasteiger partial charge in [0.15, 0.2) is 0 Å². The molecule has 3 atom stereocenters. The molecule has 1 N–H and O–H groups in total. The monoisotopic (exact) mass is 399 g/mol. The van der Waals surface area contributed by atoms with Crippen LogP contribution >= 0.6 is 0 Å². The maximum Gasteiger partial charge on any atom is 0.217 e. The number of hydrogen-bond donors (Lipinski definition) is 1. The molecule has 2 unspecified atom stereocenters. The van der Waals surface area contributed by atoms with Gasteiger partial charge in [-0.05, 0) is 43.4 Å². The summed E-state index contributed by atoms with van der Waals surface area (Å²) in [4.78, 5) is 4.77. The van der Waals surface area contributed by atoms with Crippen LogP contribution in [0.4, 0.5) is 0 Å². The largest absolute Gasteiger partial charge is 0.507 e. The van der Waals surface area contributed by atoms with Crippen LogP contribution in [-0.2, 0) is 15.9 Å². The predicted octanol–water partition coefficient (Wildman–Crippen LogP) is 3.81. The van der Waals surface area contributed by atoms with Crippen LogP contribution in [0.5, 0.6) is 17.4 Å². The maximum absolute atomic E-state index is 10.5. The lowest BCUT2D eigenvalue weighted by atomic mass is 10.0. The quantitative estimate of drug-likeness (QED) is 0.728. The molecule has 1 aliphatic carbocycles. The highest BCUT2D eigenvalue weighted by Gasteiger charge is 2.42. The van der Waals surface area contributed by atoms with Crippen LogP contribution in [0.2, 0.25) is 0 Å². The Bertz CT molecular complexity index is 817. The van der Waals surface area contributed by atoms with Crippen molar-refractivity contribution in [2.24, 2.45) is 0 Å². The fraction of sp³-hybridized carbons (Fsp3) is 0.522. The average Bonchev–Trinajstić information content (AvgIpc) is 3.54. The first-order chi connectivity index (χ1) is 14.2. The van der Waals surface area contributed by atoms with E-state index in [0.29, 0.717) is 50.8 Å². The van der Waals surface area contributed by atoms with E-state index in [0.717, 1.165) is 29.8 Å². The molecular formula is C23H29NO5. The number of rotatable bonds is 8. The number of aromatic nitrogens is 1. The fourth-order valence-electron chi connectivity index (χ4n) is 3.95. The molecule has 2 aromatic rings. The van der Waals surface area contributed by atoms with Crippen LogP contribution in [0.15, 0.2) is 30.3 Å². The van der Waals surface area contributed by atoms with Gasteiger partial charge in [0.05, 0.1) is 32.1 Å². The summed E-state index contributed by atoms with van der Waals surface area (Å²) in [5.74, 6) is 2.30. The van der Waals surface area contributed by atoms with Crippen molar-refractivity contribution < 1.29 is 24.1 Å². The van der Waals surface area contributed by atoms with Gasteiger partial charge in [0.1, 0.15) is 24.2 Å². The van der Waals surface area contributed by atoms with Crippen molar-refractivity contribution in [2.75, 3.05) is 33.0 Å². The molecule has 0 radical (unpaired) electrons. The van der Waals surface area contributed by atoms with E-state index in [1.165, 1.54) is 5.56 Å². The normalized spacial score (nSPS) is 23.6. The average molecular weight is 399 g/mol. The molecule has 2 fully saturated rings. The first-order valence-electron chi connectivity index (χ1n) is 10.5. The SMILES string of the molecule is CCOc1ccc(C2C[C@@H]2c2nc(OCC3COCCO3)cc(O)c2CC)cc1. The van der Waals surface area contributed by atoms with Gasteiger partial charge < -0.3 is 24.1 Å². The van der Waals surface area contributed by atoms with Crippen LogP contribution in [0, 0.1) is 0 Å². The highest BCUT2D eigenvalue weighted by atomic mass is 16.6. The topological polar surface area (TPSA) is 70.0 Å². The molecule has 1 saturated carbocycles. The smallest absolute Gasteiger partial charge is 0.217 e. The number of pyridine rings is 1. The summed E-state index contributed by atoms with van der Waals surface area (Å²) in [6.45, 7) is 6.79. The van der Waals surface area contributed by atoms with Crippen LogP contribution in [-0.4, -0.2) is 49.2 Å². The van der Waals surface area contributed by atoms with Gasteiger partial charge in [0, 0.05) is 17.5 Å². The summed E-state index contributed by atoms with van der Waals surface area (Å²) >= 11 is 0. The molecule has 2 aliphatic rings. The van der Waals surface area contributed by atoms with Gasteiger partial charge in [0.2, 0.25) is 5.88 Å². The molecule has 6 nitrogen and oxygen atoms in total. The van der Waals surface area contributed by atoms with Gasteiger partial charge in [-0.15, -0.1) is 0 Å². The van der Waals surface area contributed by atoms with Gasteiger partial charge in [-0.1, -0.05) is 19.1 Å². The second-order valence-corrected chi connectivity index (χ2v) is 7.53. The van der Waals surface area contributed by atoms with Crippen LogP contribution in [0.3, 0.4) is 0 Å². The highest BCUT2D eigenvalue weighted by Crippen LogP contribution is 2.56. The van der Waals surface area contributed by atoms with E-state index in [9.17, 15) is 5.11 Å². The molecular weight excluding hydrogens is 370 g/mol. The number of hydrogen-bond acceptors (Lipinski definition) is 6. The fourth-order valence-corrected chi connectivity index (χ4v) is 3.95. The van der Waals surface area contributed by atoms with E-state index >= 15 is 0 Å². The lowest BCUT2D eigenvalue weighted by Gasteiger charge is -2.23. The number of nitrogens with zero attached hydrogens (tertiary/aromatic N) is 1. The molecule has 2 heterocycles. The van der Waals surface area contributed by atoms with Crippen molar-refractivity contribution in [3.63, 3.8) is 0 Å². The van der Waals surface area contributed by atoms with Gasteiger partial charge in [-0.3, -0.25) is 0 Å². The molecule has 156 valence electrons. The molecule has 0 amide bonds. The second-order valence-electron chi connectivity index (χ2n) is 7.53. The summed E-state index contributed by atoms with van der Waals surface area (Å²) in [6.07, 6.45) is 1.66. The minimum atomic E-state index is -0.0977. The Morgan fingerprint density at radius 2 is 1.93 bits per heavy atom. The molecule has 1 aromatic carbocycles. The Morgan fingerprint density at radius 1 is 1.10 bits per heavy atom. The third-order valence-electron chi connectivity index (χ3n) is 5.53. The molecule has 0 spiro atoms. The van der Waals surface area contributed by atoms with Crippen molar-refractivity contribution >= 4 is 0 Å². The molecule has 1 aliphatic heterocycles. The van der Waals surface area contributed by atoms with E-state index in [1.807, 2.05) is 26.0 Å². The molecule has 0 bridgehead atoms. The Labute approximate surface area is 171 Å². The van der Waals surface area contributed by atoms with Gasteiger partial charge >= 0.3 is 0 Å². The molecule has 4 rings (SSSR count). The minimum Gasteiger partial charge on any atom is -0.507 e. The standard InChI is InChI=1S/C23H29NO5/c1-3-18-21(25)12-22(29-14-17-13-26-9-10-28-17)24-23(18)20-11-19(20)15-5-7-16(8-6-15)27-4-2/h5-8,12,17,19-20H,3-4,9-11,13-14H2,1-2H3,(H,24,25)/t17?,19?,20-/m0/s1. The van der Waals surface area contributed by atoms with Crippen molar-refractivity contribution in [3.8, 4) is 17.4 Å². The maximum atomic E-state index is 10.5. The third kappa shape index (κ3) is 4.65. The molecule has 1 saturated heterocycles. The Hall–Kier alpha value is -2.31. The number of benzene rings is 1. The number of ether oxygens (including phenoxy) is 4. The summed E-state index contributed by atoms with van der Waals surface area (Å²) in [7, 11) is 0. The van der Waals surface area contributed by atoms with E-state index < -0.39 is 0 Å². The van der Waals surface area contributed by atoms with Crippen molar-refractivity contribution in [1.82, 2.24) is 4.98 Å². The van der Waals surface area contributed by atoms with E-state index in [1.54, 1.807) is 6.07 Å². The minimum absolute atomic E-state index is 0.0977. The molecule has 6 heteroatoms. The lowest BCUT2D eigenvalue weighted by molar-refractivity contribution is -0.102. The summed E-state index contributed by atoms with van der Waals surface area (Å²) in [5.41, 5.74) is 3.14. The van der Waals surface area contributed by atoms with E-state index in [4.69, 9.17) is 23.9 Å². The predicted molar refractivity (Wildman–Crippen MR) is 109 cm³/mol. The van der Waals surface area contributed by atoms with Crippen molar-refractivity contribution in [3.05, 3.63) is 47.2 Å². The van der Waals surface area contributed by atoms with E-state index in [2.05, 4.69) is 12.1 Å². The van der Waals surface area contributed by atoms with Crippen molar-refractivity contribution in [1.29, 1.82) is 0 Å². The van der Waals surface area contributed by atoms with E-state index in [-0.39, 0.29) is 11.9 Å². The zero-order valence-corrected chi connectivity index (χ0v) is 17.1. The summed E-state index contributed by atoms with van der Waals surface area (Å²) in [5, 5.41) is 10.5. The first kappa shape index (κ1) is 20.0. The van der Waals surface area contributed by atoms with Crippen molar-refractivity contribution in [2.45, 2.75) is 44.6 Å². The van der Waals surface area contributed by atoms with Crippen LogP contribution < -0.4 is 9.47 Å². The molecule has 1 aromatic heterocycles. The molecule has 29 heavy (non-hydrogen) atoms. The zero-order chi connectivity index (χ0) is 20.2. The Morgan fingerprint density at radius 3 is 2.62 bits per heavy atom. The highest BCUT2D eigenvalue weighted by molar-refractivity contribution is 5.46. The first-order valence-corrected chi connectivity index (χ1v) is 10.5. The summed E-state index contributed by atoms with van der Waals surface area (Å²) in [6, 6.07) is 9.90. The number of aromatic hydroxyl groups is 1. The second kappa shape index (κ2) is 9.01. The van der Waals surface area contributed by atoms with Crippen LogP contribution in [0.1, 0.15) is 48.9 Å². The van der Waals surface area contributed by atoms with Gasteiger partial charge in [-0.25, -0.2) is 4.98 Å². The third-order valence-corrected chi connectivity index (χ3v) is 5.53. The zero-order valence-electron chi connectivity index (χ0n) is 17.1. The Balaban J connectivity index is 1.48. The van der Waals surface area contributed by atoms with Gasteiger partial charge in [0.25, 0.3) is 0 Å². The Kier molecular flexibility index (Phi) is 6.21. The lowest BCUT2D eigenvalue weighted by Crippen LogP contribution is -2.33.